The standard InChI is InChI=1S/C13H14N2/c1-9-8-11-10-4-3-7-15(2)13(10)6-5-12(11)14-9/h3-8,11,14H,1-2H3. The molecule has 0 radical (unpaired) electrons. The lowest BCUT2D eigenvalue weighted by Gasteiger charge is -2.29. The summed E-state index contributed by atoms with van der Waals surface area (Å²) in [6.07, 6.45) is 13.1. The second kappa shape index (κ2) is 2.89. The van der Waals surface area contributed by atoms with E-state index in [4.69, 9.17) is 0 Å². The quantitative estimate of drug-likeness (QED) is 0.642. The lowest BCUT2D eigenvalue weighted by atomic mass is 9.88. The van der Waals surface area contributed by atoms with E-state index >= 15 is 0 Å². The molecule has 2 heteroatoms. The van der Waals surface area contributed by atoms with Crippen molar-refractivity contribution < 1.29 is 0 Å². The van der Waals surface area contributed by atoms with Crippen LogP contribution in [-0.4, -0.2) is 11.9 Å². The summed E-state index contributed by atoms with van der Waals surface area (Å²) in [7, 11) is 2.09. The maximum Gasteiger partial charge on any atom is 0.0460 e. The van der Waals surface area contributed by atoms with Gasteiger partial charge in [-0.15, -0.1) is 0 Å². The molecule has 15 heavy (non-hydrogen) atoms. The average molecular weight is 198 g/mol. The van der Waals surface area contributed by atoms with Gasteiger partial charge in [-0.3, -0.25) is 0 Å². The van der Waals surface area contributed by atoms with Gasteiger partial charge < -0.3 is 10.2 Å². The summed E-state index contributed by atoms with van der Waals surface area (Å²) in [5.74, 6) is 0.428. The average Bonchev–Trinajstić information content (AvgIpc) is 2.59. The molecule has 0 aromatic rings. The zero-order chi connectivity index (χ0) is 10.4. The molecule has 2 aliphatic heterocycles. The Bertz CT molecular complexity index is 461. The molecule has 0 bridgehead atoms. The van der Waals surface area contributed by atoms with E-state index in [1.807, 2.05) is 0 Å². The topological polar surface area (TPSA) is 15.3 Å². The SMILES string of the molecule is CC1=CC2C(=CC=C3C2=CC=CN3C)N1. The van der Waals surface area contributed by atoms with E-state index in [2.05, 4.69) is 60.8 Å². The number of rotatable bonds is 0. The Hall–Kier alpha value is -1.70. The van der Waals surface area contributed by atoms with Gasteiger partial charge in [-0.2, -0.15) is 0 Å². The van der Waals surface area contributed by atoms with E-state index in [0.717, 1.165) is 0 Å². The predicted molar refractivity (Wildman–Crippen MR) is 61.5 cm³/mol. The first-order valence-electron chi connectivity index (χ1n) is 5.24. The molecule has 3 rings (SSSR count). The fourth-order valence-electron chi connectivity index (χ4n) is 2.38. The minimum absolute atomic E-state index is 0.428. The largest absolute Gasteiger partial charge is 0.362 e. The highest BCUT2D eigenvalue weighted by molar-refractivity contribution is 5.52. The van der Waals surface area contributed by atoms with Crippen LogP contribution in [0.1, 0.15) is 6.92 Å². The highest BCUT2D eigenvalue weighted by Crippen LogP contribution is 2.37. The van der Waals surface area contributed by atoms with Crippen molar-refractivity contribution in [1.29, 1.82) is 0 Å². The first-order valence-corrected chi connectivity index (χ1v) is 5.24. The van der Waals surface area contributed by atoms with Gasteiger partial charge in [0.25, 0.3) is 0 Å². The Balaban J connectivity index is 2.09. The molecule has 0 amide bonds. The number of nitrogens with zero attached hydrogens (tertiary/aromatic N) is 1. The summed E-state index contributed by atoms with van der Waals surface area (Å²) in [6.45, 7) is 2.11. The molecular formula is C13H14N2. The van der Waals surface area contributed by atoms with Crippen molar-refractivity contribution >= 4 is 0 Å². The van der Waals surface area contributed by atoms with Crippen LogP contribution in [0.5, 0.6) is 0 Å². The van der Waals surface area contributed by atoms with Crippen molar-refractivity contribution in [2.75, 3.05) is 7.05 Å². The van der Waals surface area contributed by atoms with Crippen LogP contribution < -0.4 is 5.32 Å². The zero-order valence-corrected chi connectivity index (χ0v) is 8.99. The lowest BCUT2D eigenvalue weighted by Crippen LogP contribution is -2.23. The number of nitrogens with one attached hydrogen (secondary N) is 1. The fourth-order valence-corrected chi connectivity index (χ4v) is 2.38. The van der Waals surface area contributed by atoms with Crippen LogP contribution in [0.15, 0.2) is 59.2 Å². The molecule has 0 spiro atoms. The van der Waals surface area contributed by atoms with Crippen molar-refractivity contribution in [2.45, 2.75) is 6.92 Å². The zero-order valence-electron chi connectivity index (χ0n) is 8.99. The van der Waals surface area contributed by atoms with E-state index in [1.165, 1.54) is 22.7 Å². The number of hydrogen-bond acceptors (Lipinski definition) is 2. The molecule has 1 aliphatic carbocycles. The van der Waals surface area contributed by atoms with Crippen molar-refractivity contribution in [1.82, 2.24) is 10.2 Å². The van der Waals surface area contributed by atoms with Gasteiger partial charge in [-0.05, 0) is 30.7 Å². The molecule has 0 saturated carbocycles. The van der Waals surface area contributed by atoms with Gasteiger partial charge in [0.05, 0.1) is 0 Å². The van der Waals surface area contributed by atoms with Gasteiger partial charge >= 0.3 is 0 Å². The van der Waals surface area contributed by atoms with Crippen LogP contribution in [0.25, 0.3) is 0 Å². The highest BCUT2D eigenvalue weighted by atomic mass is 15.1. The van der Waals surface area contributed by atoms with Gasteiger partial charge in [0.1, 0.15) is 0 Å². The van der Waals surface area contributed by atoms with Crippen LogP contribution in [0.2, 0.25) is 0 Å². The Kier molecular flexibility index (Phi) is 1.66. The van der Waals surface area contributed by atoms with Crippen LogP contribution in [0.3, 0.4) is 0 Å². The summed E-state index contributed by atoms with van der Waals surface area (Å²) in [5, 5.41) is 3.40. The van der Waals surface area contributed by atoms with Crippen molar-refractivity contribution in [2.24, 2.45) is 5.92 Å². The molecular weight excluding hydrogens is 184 g/mol. The third-order valence-electron chi connectivity index (χ3n) is 3.11. The number of hydrogen-bond donors (Lipinski definition) is 1. The van der Waals surface area contributed by atoms with E-state index in [-0.39, 0.29) is 0 Å². The third kappa shape index (κ3) is 1.18. The predicted octanol–water partition coefficient (Wildman–Crippen LogP) is 2.28. The Morgan fingerprint density at radius 1 is 1.27 bits per heavy atom. The highest BCUT2D eigenvalue weighted by Gasteiger charge is 2.28. The van der Waals surface area contributed by atoms with E-state index < -0.39 is 0 Å². The number of allylic oxidation sites excluding steroid dienone is 7. The van der Waals surface area contributed by atoms with Crippen LogP contribution in [-0.2, 0) is 0 Å². The van der Waals surface area contributed by atoms with Crippen molar-refractivity contribution in [3.8, 4) is 0 Å². The molecule has 3 aliphatic rings. The minimum atomic E-state index is 0.428. The third-order valence-corrected chi connectivity index (χ3v) is 3.11. The van der Waals surface area contributed by atoms with E-state index in [1.54, 1.807) is 0 Å². The molecule has 0 aromatic heterocycles. The van der Waals surface area contributed by atoms with Gasteiger partial charge in [0, 0.05) is 36.3 Å². The number of likely N-dealkylation sites (N-methyl/N-ethyl adjacent to an activating group) is 1. The first kappa shape index (κ1) is 8.60. The summed E-state index contributed by atoms with van der Waals surface area (Å²) >= 11 is 0. The van der Waals surface area contributed by atoms with Crippen LogP contribution >= 0.6 is 0 Å². The summed E-state index contributed by atoms with van der Waals surface area (Å²) in [6, 6.07) is 0. The Morgan fingerprint density at radius 3 is 3.00 bits per heavy atom. The molecule has 76 valence electrons. The van der Waals surface area contributed by atoms with Crippen molar-refractivity contribution in [3.63, 3.8) is 0 Å². The van der Waals surface area contributed by atoms with Crippen LogP contribution in [0, 0.1) is 5.92 Å². The molecule has 1 unspecified atom stereocenters. The Labute approximate surface area is 90.0 Å². The second-order valence-electron chi connectivity index (χ2n) is 4.20. The Morgan fingerprint density at radius 2 is 2.13 bits per heavy atom. The van der Waals surface area contributed by atoms with Crippen LogP contribution in [0.4, 0.5) is 0 Å². The number of fused-ring (bicyclic) bond motifs is 3. The van der Waals surface area contributed by atoms with E-state index in [9.17, 15) is 0 Å². The fraction of sp³-hybridized carbons (Fsp3) is 0.231. The molecule has 2 nitrogen and oxygen atoms in total. The smallest absolute Gasteiger partial charge is 0.0460 e. The monoisotopic (exact) mass is 198 g/mol. The van der Waals surface area contributed by atoms with E-state index in [0.29, 0.717) is 5.92 Å². The normalized spacial score (nSPS) is 27.1. The maximum atomic E-state index is 3.40. The van der Waals surface area contributed by atoms with Crippen molar-refractivity contribution in [3.05, 3.63) is 59.2 Å². The summed E-state index contributed by atoms with van der Waals surface area (Å²) < 4.78 is 0. The second-order valence-corrected chi connectivity index (χ2v) is 4.20. The molecule has 2 heterocycles. The maximum absolute atomic E-state index is 3.40. The molecule has 0 saturated heterocycles. The van der Waals surface area contributed by atoms with Gasteiger partial charge in [-0.25, -0.2) is 0 Å². The first-order chi connectivity index (χ1) is 7.25. The minimum Gasteiger partial charge on any atom is -0.362 e. The van der Waals surface area contributed by atoms with Gasteiger partial charge in [-0.1, -0.05) is 12.2 Å². The van der Waals surface area contributed by atoms with Gasteiger partial charge in [0.15, 0.2) is 0 Å². The summed E-state index contributed by atoms with van der Waals surface area (Å²) in [4.78, 5) is 2.17. The summed E-state index contributed by atoms with van der Waals surface area (Å²) in [5.41, 5.74) is 5.24. The molecule has 0 aromatic carbocycles. The molecule has 1 N–H and O–H groups in total. The lowest BCUT2D eigenvalue weighted by molar-refractivity contribution is 0.555. The molecule has 0 fully saturated rings. The molecule has 1 atom stereocenters. The van der Waals surface area contributed by atoms with Gasteiger partial charge in [0.2, 0.25) is 0 Å².